The minimum absolute atomic E-state index is 0.0534. The van der Waals surface area contributed by atoms with Gasteiger partial charge in [-0.15, -0.1) is 0 Å². The third-order valence-corrected chi connectivity index (χ3v) is 3.60. The molecule has 0 radical (unpaired) electrons. The van der Waals surface area contributed by atoms with Crippen molar-refractivity contribution < 1.29 is 9.18 Å². The van der Waals surface area contributed by atoms with Gasteiger partial charge in [0, 0.05) is 10.7 Å². The van der Waals surface area contributed by atoms with Crippen molar-refractivity contribution in [1.29, 1.82) is 0 Å². The van der Waals surface area contributed by atoms with Gasteiger partial charge in [0.05, 0.1) is 16.6 Å². The Kier molecular flexibility index (Phi) is 4.70. The van der Waals surface area contributed by atoms with Crippen LogP contribution in [-0.2, 0) is 0 Å². The summed E-state index contributed by atoms with van der Waals surface area (Å²) in [7, 11) is 0. The van der Waals surface area contributed by atoms with Gasteiger partial charge in [0.1, 0.15) is 5.82 Å². The van der Waals surface area contributed by atoms with E-state index in [0.29, 0.717) is 5.02 Å². The minimum Gasteiger partial charge on any atom is -0.398 e. The second-order valence-electron chi connectivity index (χ2n) is 4.60. The predicted octanol–water partition coefficient (Wildman–Crippen LogP) is 4.21. The van der Waals surface area contributed by atoms with E-state index in [4.69, 9.17) is 28.9 Å². The highest BCUT2D eigenvalue weighted by Gasteiger charge is 2.16. The monoisotopic (exact) mass is 326 g/mol. The molecule has 21 heavy (non-hydrogen) atoms. The van der Waals surface area contributed by atoms with Crippen LogP contribution in [-0.4, -0.2) is 5.91 Å². The lowest BCUT2D eigenvalue weighted by Crippen LogP contribution is -2.27. The first-order chi connectivity index (χ1) is 9.88. The van der Waals surface area contributed by atoms with Crippen molar-refractivity contribution in [2.45, 2.75) is 13.0 Å². The standard InChI is InChI=1S/C15H13Cl2FN2O/c1-8(9-2-4-10(16)5-3-9)20-15(21)11-6-13(18)12(17)7-14(11)19/h2-8H,19H2,1H3,(H,20,21)/t8-/m1/s1. The molecule has 0 fully saturated rings. The highest BCUT2D eigenvalue weighted by Crippen LogP contribution is 2.23. The predicted molar refractivity (Wildman–Crippen MR) is 83.2 cm³/mol. The number of halogens is 3. The molecule has 110 valence electrons. The molecule has 3 N–H and O–H groups in total. The van der Waals surface area contributed by atoms with Crippen LogP contribution >= 0.6 is 23.2 Å². The molecule has 0 spiro atoms. The quantitative estimate of drug-likeness (QED) is 0.830. The van der Waals surface area contributed by atoms with Crippen LogP contribution < -0.4 is 11.1 Å². The van der Waals surface area contributed by atoms with Crippen LogP contribution in [0, 0.1) is 5.82 Å². The molecule has 2 aromatic rings. The van der Waals surface area contributed by atoms with Crippen LogP contribution in [0.25, 0.3) is 0 Å². The van der Waals surface area contributed by atoms with E-state index in [0.717, 1.165) is 11.6 Å². The number of rotatable bonds is 3. The van der Waals surface area contributed by atoms with Crippen LogP contribution in [0.15, 0.2) is 36.4 Å². The summed E-state index contributed by atoms with van der Waals surface area (Å²) < 4.78 is 13.4. The average Bonchev–Trinajstić information content (AvgIpc) is 2.43. The van der Waals surface area contributed by atoms with E-state index in [-0.39, 0.29) is 22.3 Å². The Morgan fingerprint density at radius 3 is 2.48 bits per heavy atom. The van der Waals surface area contributed by atoms with E-state index < -0.39 is 11.7 Å². The number of nitrogens with one attached hydrogen (secondary N) is 1. The number of nitrogens with two attached hydrogens (primary N) is 1. The fraction of sp³-hybridized carbons (Fsp3) is 0.133. The van der Waals surface area contributed by atoms with Crippen LogP contribution in [0.4, 0.5) is 10.1 Å². The molecule has 0 aromatic heterocycles. The Morgan fingerprint density at radius 1 is 1.24 bits per heavy atom. The first-order valence-corrected chi connectivity index (χ1v) is 6.95. The molecule has 2 rings (SSSR count). The number of hydrogen-bond acceptors (Lipinski definition) is 2. The maximum absolute atomic E-state index is 13.4. The Bertz CT molecular complexity index is 674. The summed E-state index contributed by atoms with van der Waals surface area (Å²) in [5.74, 6) is -1.15. The van der Waals surface area contributed by atoms with Crippen LogP contribution in [0.2, 0.25) is 10.0 Å². The molecule has 0 heterocycles. The van der Waals surface area contributed by atoms with E-state index in [1.807, 2.05) is 6.92 Å². The Hall–Kier alpha value is -1.78. The number of amides is 1. The molecule has 0 unspecified atom stereocenters. The Balaban J connectivity index is 2.18. The minimum atomic E-state index is -0.685. The summed E-state index contributed by atoms with van der Waals surface area (Å²) in [6.07, 6.45) is 0. The fourth-order valence-electron chi connectivity index (χ4n) is 1.87. The molecule has 0 aliphatic rings. The Morgan fingerprint density at radius 2 is 1.86 bits per heavy atom. The van der Waals surface area contributed by atoms with Crippen LogP contribution in [0.5, 0.6) is 0 Å². The molecule has 1 amide bonds. The second kappa shape index (κ2) is 6.33. The largest absolute Gasteiger partial charge is 0.398 e. The SMILES string of the molecule is C[C@@H](NC(=O)c1cc(F)c(Cl)cc1N)c1ccc(Cl)cc1. The second-order valence-corrected chi connectivity index (χ2v) is 5.44. The van der Waals surface area contributed by atoms with Crippen molar-refractivity contribution in [3.8, 4) is 0 Å². The number of anilines is 1. The lowest BCUT2D eigenvalue weighted by Gasteiger charge is -2.15. The zero-order valence-corrected chi connectivity index (χ0v) is 12.7. The van der Waals surface area contributed by atoms with Gasteiger partial charge in [-0.3, -0.25) is 4.79 Å². The third-order valence-electron chi connectivity index (χ3n) is 3.05. The number of carbonyl (C=O) groups excluding carboxylic acids is 1. The molecule has 1 atom stereocenters. The van der Waals surface area contributed by atoms with E-state index in [2.05, 4.69) is 5.32 Å². The molecule has 0 aliphatic heterocycles. The zero-order chi connectivity index (χ0) is 15.6. The van der Waals surface area contributed by atoms with Crippen molar-refractivity contribution in [3.63, 3.8) is 0 Å². The molecule has 0 saturated heterocycles. The van der Waals surface area contributed by atoms with Crippen molar-refractivity contribution in [2.24, 2.45) is 0 Å². The van der Waals surface area contributed by atoms with Gasteiger partial charge >= 0.3 is 0 Å². The van der Waals surface area contributed by atoms with Gasteiger partial charge in [-0.1, -0.05) is 35.3 Å². The highest BCUT2D eigenvalue weighted by molar-refractivity contribution is 6.31. The molecule has 2 aromatic carbocycles. The van der Waals surface area contributed by atoms with Gasteiger partial charge in [0.2, 0.25) is 0 Å². The molecule has 0 bridgehead atoms. The van der Waals surface area contributed by atoms with Crippen molar-refractivity contribution >= 4 is 34.8 Å². The molecular weight excluding hydrogens is 314 g/mol. The van der Waals surface area contributed by atoms with E-state index in [1.54, 1.807) is 24.3 Å². The van der Waals surface area contributed by atoms with Gasteiger partial charge in [0.25, 0.3) is 5.91 Å². The fourth-order valence-corrected chi connectivity index (χ4v) is 2.17. The van der Waals surface area contributed by atoms with E-state index >= 15 is 0 Å². The maximum Gasteiger partial charge on any atom is 0.253 e. The van der Waals surface area contributed by atoms with Gasteiger partial charge in [0.15, 0.2) is 0 Å². The normalized spacial score (nSPS) is 12.0. The number of carbonyl (C=O) groups is 1. The maximum atomic E-state index is 13.4. The van der Waals surface area contributed by atoms with Crippen molar-refractivity contribution in [3.05, 3.63) is 63.4 Å². The zero-order valence-electron chi connectivity index (χ0n) is 11.2. The lowest BCUT2D eigenvalue weighted by molar-refractivity contribution is 0.0940. The van der Waals surface area contributed by atoms with Crippen molar-refractivity contribution in [1.82, 2.24) is 5.32 Å². The Labute approximate surface area is 131 Å². The number of benzene rings is 2. The summed E-state index contributed by atoms with van der Waals surface area (Å²) in [6.45, 7) is 1.81. The molecule has 6 heteroatoms. The van der Waals surface area contributed by atoms with Gasteiger partial charge < -0.3 is 11.1 Å². The summed E-state index contributed by atoms with van der Waals surface area (Å²) in [4.78, 5) is 12.2. The smallest absolute Gasteiger partial charge is 0.253 e. The molecular formula is C15H13Cl2FN2O. The average molecular weight is 327 g/mol. The topological polar surface area (TPSA) is 55.1 Å². The van der Waals surface area contributed by atoms with Crippen molar-refractivity contribution in [2.75, 3.05) is 5.73 Å². The lowest BCUT2D eigenvalue weighted by atomic mass is 10.1. The van der Waals surface area contributed by atoms with E-state index in [1.165, 1.54) is 6.07 Å². The van der Waals surface area contributed by atoms with E-state index in [9.17, 15) is 9.18 Å². The highest BCUT2D eigenvalue weighted by atomic mass is 35.5. The van der Waals surface area contributed by atoms with Crippen LogP contribution in [0.3, 0.4) is 0 Å². The summed E-state index contributed by atoms with van der Waals surface area (Å²) in [5.41, 5.74) is 6.75. The number of nitrogen functional groups attached to an aromatic ring is 1. The summed E-state index contributed by atoms with van der Waals surface area (Å²) >= 11 is 11.4. The number of hydrogen-bond donors (Lipinski definition) is 2. The molecule has 0 saturated carbocycles. The van der Waals surface area contributed by atoms with Gasteiger partial charge in [-0.25, -0.2) is 4.39 Å². The van der Waals surface area contributed by atoms with Gasteiger partial charge in [-0.2, -0.15) is 0 Å². The van der Waals surface area contributed by atoms with Gasteiger partial charge in [-0.05, 0) is 36.8 Å². The molecule has 0 aliphatic carbocycles. The molecule has 3 nitrogen and oxygen atoms in total. The first-order valence-electron chi connectivity index (χ1n) is 6.19. The summed E-state index contributed by atoms with van der Waals surface area (Å²) in [6, 6.07) is 9.05. The first kappa shape index (κ1) is 15.6. The third kappa shape index (κ3) is 3.65. The summed E-state index contributed by atoms with van der Waals surface area (Å²) in [5, 5.41) is 3.24. The van der Waals surface area contributed by atoms with Crippen LogP contribution in [0.1, 0.15) is 28.9 Å².